The molecular weight excluding hydrogens is 424 g/mol. The first-order valence-electron chi connectivity index (χ1n) is 11.2. The molecule has 0 aliphatic carbocycles. The Morgan fingerprint density at radius 1 is 1.00 bits per heavy atom. The number of hydrogen-bond donors (Lipinski definition) is 1. The van der Waals surface area contributed by atoms with E-state index in [-0.39, 0.29) is 17.3 Å². The number of para-hydroxylation sites is 1. The molecule has 0 saturated carbocycles. The third-order valence-corrected chi connectivity index (χ3v) is 7.60. The van der Waals surface area contributed by atoms with Crippen LogP contribution in [0.3, 0.4) is 0 Å². The molecule has 1 amide bonds. The van der Waals surface area contributed by atoms with Crippen LogP contribution in [-0.4, -0.2) is 77.0 Å². The van der Waals surface area contributed by atoms with Gasteiger partial charge in [0.15, 0.2) is 0 Å². The average Bonchev–Trinajstić information content (AvgIpc) is 2.82. The molecule has 1 saturated heterocycles. The quantitative estimate of drug-likeness (QED) is 0.553. The fourth-order valence-corrected chi connectivity index (χ4v) is 5.34. The van der Waals surface area contributed by atoms with Crippen molar-refractivity contribution in [2.45, 2.75) is 24.7 Å². The van der Waals surface area contributed by atoms with Gasteiger partial charge in [-0.15, -0.1) is 0 Å². The molecule has 1 aliphatic heterocycles. The van der Waals surface area contributed by atoms with E-state index in [1.54, 1.807) is 42.5 Å². The Balaban J connectivity index is 1.67. The van der Waals surface area contributed by atoms with E-state index in [9.17, 15) is 13.2 Å². The van der Waals surface area contributed by atoms with E-state index < -0.39 is 10.0 Å². The molecule has 2 aromatic carbocycles. The maximum atomic E-state index is 13.4. The Hall–Kier alpha value is -2.42. The first-order chi connectivity index (χ1) is 15.4. The van der Waals surface area contributed by atoms with E-state index in [1.807, 2.05) is 19.1 Å². The van der Waals surface area contributed by atoms with Gasteiger partial charge in [-0.2, -0.15) is 0 Å². The van der Waals surface area contributed by atoms with E-state index in [4.69, 9.17) is 0 Å². The number of nitrogens with one attached hydrogen (secondary N) is 1. The van der Waals surface area contributed by atoms with Crippen LogP contribution in [0.15, 0.2) is 59.5 Å². The minimum Gasteiger partial charge on any atom is -0.354 e. The number of aryl methyl sites for hydroxylation is 1. The van der Waals surface area contributed by atoms with Gasteiger partial charge >= 0.3 is 0 Å². The number of anilines is 1. The molecule has 174 valence electrons. The van der Waals surface area contributed by atoms with Crippen LogP contribution in [0.2, 0.25) is 0 Å². The molecule has 3 rings (SSSR count). The van der Waals surface area contributed by atoms with Crippen molar-refractivity contribution in [2.24, 2.45) is 0 Å². The second kappa shape index (κ2) is 11.4. The molecule has 32 heavy (non-hydrogen) atoms. The van der Waals surface area contributed by atoms with Crippen molar-refractivity contribution < 1.29 is 13.2 Å². The van der Waals surface area contributed by atoms with Gasteiger partial charge in [0.05, 0.1) is 10.6 Å². The number of sulfonamides is 1. The van der Waals surface area contributed by atoms with Crippen LogP contribution in [0.4, 0.5) is 5.69 Å². The molecule has 0 spiro atoms. The van der Waals surface area contributed by atoms with Gasteiger partial charge in [0.25, 0.3) is 10.0 Å². The zero-order chi connectivity index (χ0) is 23.0. The number of amides is 1. The van der Waals surface area contributed by atoms with Crippen LogP contribution < -0.4 is 9.62 Å². The summed E-state index contributed by atoms with van der Waals surface area (Å²) >= 11 is 0. The van der Waals surface area contributed by atoms with Crippen molar-refractivity contribution in [1.82, 2.24) is 15.1 Å². The third kappa shape index (κ3) is 6.31. The summed E-state index contributed by atoms with van der Waals surface area (Å²) in [5.41, 5.74) is 1.43. The summed E-state index contributed by atoms with van der Waals surface area (Å²) in [7, 11) is -1.75. The molecule has 1 fully saturated rings. The summed E-state index contributed by atoms with van der Waals surface area (Å²) in [6.45, 7) is 7.40. The van der Waals surface area contributed by atoms with Gasteiger partial charge in [0.1, 0.15) is 6.54 Å². The minimum atomic E-state index is -3.88. The normalized spacial score (nSPS) is 15.4. The lowest BCUT2D eigenvalue weighted by atomic mass is 10.1. The van der Waals surface area contributed by atoms with Gasteiger partial charge in [0.2, 0.25) is 5.91 Å². The highest BCUT2D eigenvalue weighted by atomic mass is 32.2. The maximum Gasteiger partial charge on any atom is 0.264 e. The van der Waals surface area contributed by atoms with Crippen LogP contribution >= 0.6 is 0 Å². The molecule has 2 aromatic rings. The van der Waals surface area contributed by atoms with E-state index in [0.29, 0.717) is 18.7 Å². The van der Waals surface area contributed by atoms with Crippen molar-refractivity contribution in [3.63, 3.8) is 0 Å². The summed E-state index contributed by atoms with van der Waals surface area (Å²) in [6, 6.07) is 15.6. The lowest BCUT2D eigenvalue weighted by Gasteiger charge is -2.32. The highest BCUT2D eigenvalue weighted by Gasteiger charge is 2.28. The van der Waals surface area contributed by atoms with Crippen molar-refractivity contribution in [3.8, 4) is 0 Å². The van der Waals surface area contributed by atoms with Gasteiger partial charge in [-0.25, -0.2) is 8.42 Å². The fourth-order valence-electron chi connectivity index (χ4n) is 3.86. The highest BCUT2D eigenvalue weighted by Crippen LogP contribution is 2.27. The molecule has 0 radical (unpaired) electrons. The minimum absolute atomic E-state index is 0.175. The molecule has 1 N–H and O–H groups in total. The summed E-state index contributed by atoms with van der Waals surface area (Å²) in [5.74, 6) is -0.297. The SMILES string of the molecule is CCc1ccccc1N(CC(=O)NCCCN1CCN(C)CC1)S(=O)(=O)c1ccccc1. The van der Waals surface area contributed by atoms with Gasteiger partial charge in [-0.3, -0.25) is 9.10 Å². The molecule has 1 aliphatic rings. The van der Waals surface area contributed by atoms with Crippen LogP contribution in [0, 0.1) is 0 Å². The van der Waals surface area contributed by atoms with Gasteiger partial charge in [-0.1, -0.05) is 43.3 Å². The number of hydrogen-bond acceptors (Lipinski definition) is 5. The zero-order valence-corrected chi connectivity index (χ0v) is 19.9. The van der Waals surface area contributed by atoms with Crippen LogP contribution in [-0.2, 0) is 21.2 Å². The largest absolute Gasteiger partial charge is 0.354 e. The monoisotopic (exact) mass is 458 g/mol. The van der Waals surface area contributed by atoms with Crippen molar-refractivity contribution in [2.75, 3.05) is 57.2 Å². The number of rotatable bonds is 10. The van der Waals surface area contributed by atoms with Crippen LogP contribution in [0.25, 0.3) is 0 Å². The second-order valence-corrected chi connectivity index (χ2v) is 10.0. The topological polar surface area (TPSA) is 73.0 Å². The lowest BCUT2D eigenvalue weighted by molar-refractivity contribution is -0.119. The molecule has 1 heterocycles. The third-order valence-electron chi connectivity index (χ3n) is 5.83. The van der Waals surface area contributed by atoms with Crippen molar-refractivity contribution in [1.29, 1.82) is 0 Å². The van der Waals surface area contributed by atoms with Gasteiger partial charge in [-0.05, 0) is 50.2 Å². The van der Waals surface area contributed by atoms with Crippen LogP contribution in [0.1, 0.15) is 18.9 Å². The first kappa shape index (κ1) is 24.2. The summed E-state index contributed by atoms with van der Waals surface area (Å²) in [6.07, 6.45) is 1.51. The van der Waals surface area contributed by atoms with Crippen molar-refractivity contribution >= 4 is 21.6 Å². The average molecular weight is 459 g/mol. The molecular formula is C24H34N4O3S. The van der Waals surface area contributed by atoms with Gasteiger partial charge in [0, 0.05) is 32.7 Å². The van der Waals surface area contributed by atoms with E-state index in [0.717, 1.165) is 44.7 Å². The second-order valence-electron chi connectivity index (χ2n) is 8.16. The fraction of sp³-hybridized carbons (Fsp3) is 0.458. The Labute approximate surface area is 192 Å². The maximum absolute atomic E-state index is 13.4. The lowest BCUT2D eigenvalue weighted by Crippen LogP contribution is -2.45. The zero-order valence-electron chi connectivity index (χ0n) is 19.0. The summed E-state index contributed by atoms with van der Waals surface area (Å²) in [5, 5.41) is 2.91. The molecule has 0 aromatic heterocycles. The Bertz CT molecular complexity index is 974. The first-order valence-corrected chi connectivity index (χ1v) is 12.7. The number of carbonyl (C=O) groups excluding carboxylic acids is 1. The Morgan fingerprint density at radius 3 is 2.34 bits per heavy atom. The predicted octanol–water partition coefficient (Wildman–Crippen LogP) is 2.20. The van der Waals surface area contributed by atoms with E-state index >= 15 is 0 Å². The predicted molar refractivity (Wildman–Crippen MR) is 128 cm³/mol. The van der Waals surface area contributed by atoms with Crippen LogP contribution in [0.5, 0.6) is 0 Å². The Kier molecular flexibility index (Phi) is 8.67. The summed E-state index contributed by atoms with van der Waals surface area (Å²) < 4.78 is 28.1. The molecule has 0 unspecified atom stereocenters. The number of likely N-dealkylation sites (N-methyl/N-ethyl adjacent to an activating group) is 1. The van der Waals surface area contributed by atoms with Gasteiger partial charge < -0.3 is 15.1 Å². The summed E-state index contributed by atoms with van der Waals surface area (Å²) in [4.78, 5) is 17.6. The number of piperazine rings is 1. The number of nitrogens with zero attached hydrogens (tertiary/aromatic N) is 3. The Morgan fingerprint density at radius 2 is 1.66 bits per heavy atom. The van der Waals surface area contributed by atoms with E-state index in [2.05, 4.69) is 22.2 Å². The molecule has 0 bridgehead atoms. The number of carbonyl (C=O) groups is 1. The highest BCUT2D eigenvalue weighted by molar-refractivity contribution is 7.92. The molecule has 8 heteroatoms. The standard InChI is InChI=1S/C24H34N4O3S/c1-3-21-10-7-8-13-23(21)28(32(30,31)22-11-5-4-6-12-22)20-24(29)25-14-9-15-27-18-16-26(2)17-19-27/h4-8,10-13H,3,9,14-20H2,1-2H3,(H,25,29). The van der Waals surface area contributed by atoms with E-state index in [1.165, 1.54) is 4.31 Å². The smallest absolute Gasteiger partial charge is 0.264 e. The molecule has 7 nitrogen and oxygen atoms in total. The molecule has 0 atom stereocenters. The van der Waals surface area contributed by atoms with Crippen molar-refractivity contribution in [3.05, 3.63) is 60.2 Å². The number of benzene rings is 2.